The second-order valence-corrected chi connectivity index (χ2v) is 9.13. The predicted octanol–water partition coefficient (Wildman–Crippen LogP) is 1.02. The van der Waals surface area contributed by atoms with Crippen molar-refractivity contribution in [3.05, 3.63) is 40.3 Å². The lowest BCUT2D eigenvalue weighted by molar-refractivity contribution is -0.138. The Kier molecular flexibility index (Phi) is 5.27. The zero-order valence-electron chi connectivity index (χ0n) is 16.8. The SMILES string of the molecule is CCCn1nc(C(=O)NNC(=O)[C@@H]2CS[C@@]3(C)CCC(=O)N23)c2ccccc2c1=O. The molecule has 0 saturated carbocycles. The van der Waals surface area contributed by atoms with Gasteiger partial charge in [0, 0.05) is 24.1 Å². The number of thioether (sulfide) groups is 1. The van der Waals surface area contributed by atoms with Crippen LogP contribution in [0.1, 0.15) is 43.6 Å². The van der Waals surface area contributed by atoms with Gasteiger partial charge in [-0.25, -0.2) is 4.68 Å². The Hall–Kier alpha value is -2.88. The average Bonchev–Trinajstić information content (AvgIpc) is 3.24. The number of aryl methyl sites for hydroxylation is 1. The van der Waals surface area contributed by atoms with Gasteiger partial charge in [0.25, 0.3) is 17.4 Å². The molecule has 0 unspecified atom stereocenters. The van der Waals surface area contributed by atoms with Crippen molar-refractivity contribution in [2.45, 2.75) is 50.6 Å². The molecule has 0 spiro atoms. The number of hydrogen-bond acceptors (Lipinski definition) is 6. The topological polar surface area (TPSA) is 113 Å². The van der Waals surface area contributed by atoms with Crippen LogP contribution in [0.5, 0.6) is 0 Å². The lowest BCUT2D eigenvalue weighted by Gasteiger charge is -2.29. The van der Waals surface area contributed by atoms with Crippen molar-refractivity contribution in [1.29, 1.82) is 0 Å². The van der Waals surface area contributed by atoms with Gasteiger partial charge in [0.1, 0.15) is 6.04 Å². The number of hydrazine groups is 1. The summed E-state index contributed by atoms with van der Waals surface area (Å²) in [6.07, 6.45) is 1.82. The quantitative estimate of drug-likeness (QED) is 0.702. The van der Waals surface area contributed by atoms with Crippen molar-refractivity contribution in [2.24, 2.45) is 0 Å². The minimum atomic E-state index is -0.631. The molecule has 4 rings (SSSR count). The van der Waals surface area contributed by atoms with E-state index in [1.165, 1.54) is 4.68 Å². The lowest BCUT2D eigenvalue weighted by Crippen LogP contribution is -2.54. The van der Waals surface area contributed by atoms with Crippen LogP contribution in [-0.2, 0) is 16.1 Å². The minimum absolute atomic E-state index is 0.0479. The molecule has 3 amide bonds. The number of fused-ring (bicyclic) bond motifs is 2. The molecule has 2 aliphatic rings. The Morgan fingerprint density at radius 1 is 1.23 bits per heavy atom. The third-order valence-corrected chi connectivity index (χ3v) is 7.07. The number of amides is 3. The van der Waals surface area contributed by atoms with Gasteiger partial charge in [0.15, 0.2) is 5.69 Å². The van der Waals surface area contributed by atoms with Gasteiger partial charge in [-0.1, -0.05) is 25.1 Å². The van der Waals surface area contributed by atoms with Crippen LogP contribution < -0.4 is 16.4 Å². The summed E-state index contributed by atoms with van der Waals surface area (Å²) in [6, 6.07) is 6.12. The first-order valence-electron chi connectivity index (χ1n) is 9.92. The zero-order chi connectivity index (χ0) is 21.5. The van der Waals surface area contributed by atoms with Crippen LogP contribution in [0, 0.1) is 0 Å². The molecule has 2 saturated heterocycles. The van der Waals surface area contributed by atoms with Gasteiger partial charge in [-0.2, -0.15) is 5.10 Å². The largest absolute Gasteiger partial charge is 0.315 e. The first kappa shape index (κ1) is 20.4. The molecule has 1 aromatic carbocycles. The fraction of sp³-hybridized carbons (Fsp3) is 0.450. The number of hydrogen-bond donors (Lipinski definition) is 2. The van der Waals surface area contributed by atoms with Gasteiger partial charge >= 0.3 is 0 Å². The third kappa shape index (κ3) is 3.34. The van der Waals surface area contributed by atoms with Crippen LogP contribution in [-0.4, -0.2) is 49.1 Å². The van der Waals surface area contributed by atoms with E-state index >= 15 is 0 Å². The molecule has 0 bridgehead atoms. The van der Waals surface area contributed by atoms with Crippen LogP contribution >= 0.6 is 11.8 Å². The molecular weight excluding hydrogens is 406 g/mol. The number of rotatable bonds is 4. The van der Waals surface area contributed by atoms with Crippen LogP contribution in [0.15, 0.2) is 29.1 Å². The van der Waals surface area contributed by atoms with E-state index in [2.05, 4.69) is 16.0 Å². The van der Waals surface area contributed by atoms with Crippen molar-refractivity contribution < 1.29 is 14.4 Å². The van der Waals surface area contributed by atoms with Gasteiger partial charge in [-0.3, -0.25) is 30.0 Å². The van der Waals surface area contributed by atoms with E-state index in [0.29, 0.717) is 42.3 Å². The molecule has 158 valence electrons. The average molecular weight is 430 g/mol. The Balaban J connectivity index is 1.54. The number of carbonyl (C=O) groups excluding carboxylic acids is 3. The van der Waals surface area contributed by atoms with Crippen LogP contribution in [0.25, 0.3) is 10.8 Å². The summed E-state index contributed by atoms with van der Waals surface area (Å²) >= 11 is 1.58. The number of nitrogens with one attached hydrogen (secondary N) is 2. The monoisotopic (exact) mass is 429 g/mol. The van der Waals surface area contributed by atoms with Crippen molar-refractivity contribution in [3.63, 3.8) is 0 Å². The normalized spacial score (nSPS) is 22.9. The van der Waals surface area contributed by atoms with Crippen LogP contribution in [0.3, 0.4) is 0 Å². The summed E-state index contributed by atoms with van der Waals surface area (Å²) < 4.78 is 1.26. The lowest BCUT2D eigenvalue weighted by atomic mass is 10.1. The number of aromatic nitrogens is 2. The second-order valence-electron chi connectivity index (χ2n) is 7.63. The first-order chi connectivity index (χ1) is 14.4. The highest BCUT2D eigenvalue weighted by Gasteiger charge is 2.52. The zero-order valence-corrected chi connectivity index (χ0v) is 17.6. The fourth-order valence-electron chi connectivity index (χ4n) is 4.04. The number of benzene rings is 1. The summed E-state index contributed by atoms with van der Waals surface area (Å²) in [5, 5.41) is 5.02. The Bertz CT molecular complexity index is 1100. The van der Waals surface area contributed by atoms with Crippen LogP contribution in [0.2, 0.25) is 0 Å². The third-order valence-electron chi connectivity index (χ3n) is 5.56. The molecule has 3 heterocycles. The molecule has 2 aromatic rings. The number of carbonyl (C=O) groups is 3. The highest BCUT2D eigenvalue weighted by atomic mass is 32.2. The van der Waals surface area contributed by atoms with Crippen molar-refractivity contribution >= 4 is 40.3 Å². The van der Waals surface area contributed by atoms with Gasteiger partial charge < -0.3 is 4.90 Å². The van der Waals surface area contributed by atoms with E-state index in [1.54, 1.807) is 40.9 Å². The Morgan fingerprint density at radius 3 is 2.70 bits per heavy atom. The minimum Gasteiger partial charge on any atom is -0.315 e. The maximum Gasteiger partial charge on any atom is 0.290 e. The summed E-state index contributed by atoms with van der Waals surface area (Å²) in [5.74, 6) is -0.633. The highest BCUT2D eigenvalue weighted by molar-refractivity contribution is 8.01. The number of nitrogens with zero attached hydrogens (tertiary/aromatic N) is 3. The smallest absolute Gasteiger partial charge is 0.290 e. The summed E-state index contributed by atoms with van der Waals surface area (Å²) in [4.78, 5) is 51.5. The van der Waals surface area contributed by atoms with Gasteiger partial charge in [-0.05, 0) is 25.8 Å². The molecule has 1 aromatic heterocycles. The fourth-order valence-corrected chi connectivity index (χ4v) is 5.47. The summed E-state index contributed by atoms with van der Waals surface area (Å²) in [5.41, 5.74) is 4.63. The van der Waals surface area contributed by atoms with Crippen molar-refractivity contribution in [2.75, 3.05) is 5.75 Å². The van der Waals surface area contributed by atoms with E-state index in [0.717, 1.165) is 0 Å². The van der Waals surface area contributed by atoms with Crippen LogP contribution in [0.4, 0.5) is 0 Å². The summed E-state index contributed by atoms with van der Waals surface area (Å²) in [7, 11) is 0. The Labute approximate surface area is 177 Å². The maximum absolute atomic E-state index is 12.8. The maximum atomic E-state index is 12.8. The molecule has 2 aliphatic heterocycles. The first-order valence-corrected chi connectivity index (χ1v) is 10.9. The molecule has 30 heavy (non-hydrogen) atoms. The molecule has 2 atom stereocenters. The second kappa shape index (κ2) is 7.75. The van der Waals surface area contributed by atoms with E-state index in [4.69, 9.17) is 0 Å². The standard InChI is InChI=1S/C20H23N5O4S/c1-3-10-24-19(29)13-7-5-4-6-12(13)16(23-24)18(28)22-21-17(27)14-11-30-20(2)9-8-15(26)25(14)20/h4-7,14H,3,8-11H2,1-2H3,(H,21,27)(H,22,28)/t14-,20-/m0/s1. The molecule has 2 N–H and O–H groups in total. The predicted molar refractivity (Wildman–Crippen MR) is 113 cm³/mol. The molecule has 0 radical (unpaired) electrons. The molecule has 10 heteroatoms. The Morgan fingerprint density at radius 2 is 1.97 bits per heavy atom. The van der Waals surface area contributed by atoms with Gasteiger partial charge in [-0.15, -0.1) is 11.8 Å². The molecule has 9 nitrogen and oxygen atoms in total. The van der Waals surface area contributed by atoms with Gasteiger partial charge in [0.2, 0.25) is 5.91 Å². The molecule has 2 fully saturated rings. The van der Waals surface area contributed by atoms with Crippen molar-refractivity contribution in [1.82, 2.24) is 25.5 Å². The summed E-state index contributed by atoms with van der Waals surface area (Å²) in [6.45, 7) is 4.25. The van der Waals surface area contributed by atoms with E-state index in [1.807, 2.05) is 13.8 Å². The van der Waals surface area contributed by atoms with Crippen molar-refractivity contribution in [3.8, 4) is 0 Å². The highest BCUT2D eigenvalue weighted by Crippen LogP contribution is 2.47. The van der Waals surface area contributed by atoms with E-state index in [-0.39, 0.29) is 22.0 Å². The molecular formula is C20H23N5O4S. The van der Waals surface area contributed by atoms with E-state index < -0.39 is 17.9 Å². The van der Waals surface area contributed by atoms with E-state index in [9.17, 15) is 19.2 Å². The molecule has 0 aliphatic carbocycles. The van der Waals surface area contributed by atoms with Gasteiger partial charge in [0.05, 0.1) is 10.3 Å².